The second-order valence-electron chi connectivity index (χ2n) is 7.77. The number of likely N-dealkylation sites (tertiary alicyclic amines) is 1. The predicted octanol–water partition coefficient (Wildman–Crippen LogP) is 3.41. The van der Waals surface area contributed by atoms with E-state index < -0.39 is 10.0 Å². The van der Waals surface area contributed by atoms with Gasteiger partial charge < -0.3 is 14.4 Å². The van der Waals surface area contributed by atoms with Crippen LogP contribution in [0.2, 0.25) is 0 Å². The number of para-hydroxylation sites is 2. The zero-order chi connectivity index (χ0) is 24.7. The third-order valence-electron chi connectivity index (χ3n) is 5.74. The van der Waals surface area contributed by atoms with E-state index in [1.165, 1.54) is 18.9 Å². The first-order valence-electron chi connectivity index (χ1n) is 11.1. The Morgan fingerprint density at radius 2 is 1.74 bits per heavy atom. The monoisotopic (exact) mass is 506 g/mol. The zero-order valence-electron chi connectivity index (χ0n) is 19.6. The summed E-state index contributed by atoms with van der Waals surface area (Å²) in [5.74, 6) is -0.483. The van der Waals surface area contributed by atoms with Crippen molar-refractivity contribution in [2.75, 3.05) is 43.9 Å². The van der Waals surface area contributed by atoms with Crippen LogP contribution in [0.4, 0.5) is 5.69 Å². The maximum absolute atomic E-state index is 13.7. The predicted molar refractivity (Wildman–Crippen MR) is 132 cm³/mol. The smallest absolute Gasteiger partial charge is 0.308 e. The highest BCUT2D eigenvalue weighted by Gasteiger charge is 2.33. The Bertz CT molecular complexity index is 1100. The van der Waals surface area contributed by atoms with E-state index >= 15 is 0 Å². The molecule has 0 aromatic heterocycles. The Hall–Kier alpha value is -2.72. The summed E-state index contributed by atoms with van der Waals surface area (Å²) in [6.45, 7) is 2.51. The normalized spacial score (nSPS) is 14.5. The maximum Gasteiger partial charge on any atom is 0.308 e. The minimum Gasteiger partial charge on any atom is -0.492 e. The van der Waals surface area contributed by atoms with Gasteiger partial charge in [0.25, 0.3) is 10.0 Å². The van der Waals surface area contributed by atoms with Crippen LogP contribution in [0, 0.1) is 5.92 Å². The van der Waals surface area contributed by atoms with Gasteiger partial charge in [-0.25, -0.2) is 8.42 Å². The Kier molecular flexibility index (Phi) is 8.84. The SMILES string of the molecule is CCOc1ccccc1N(CC(=O)N1CCC(C(=O)OC)CC1)S(=O)(=O)c1ccc(SC)cc1. The number of ether oxygens (including phenoxy) is 2. The molecule has 0 unspecified atom stereocenters. The van der Waals surface area contributed by atoms with Crippen molar-refractivity contribution in [3.8, 4) is 5.75 Å². The zero-order valence-corrected chi connectivity index (χ0v) is 21.2. The lowest BCUT2D eigenvalue weighted by Gasteiger charge is -2.33. The molecule has 1 saturated heterocycles. The number of rotatable bonds is 9. The fourth-order valence-corrected chi connectivity index (χ4v) is 5.70. The summed E-state index contributed by atoms with van der Waals surface area (Å²) >= 11 is 1.51. The van der Waals surface area contributed by atoms with Crippen LogP contribution >= 0.6 is 11.8 Å². The second kappa shape index (κ2) is 11.6. The third-order valence-corrected chi connectivity index (χ3v) is 8.26. The molecule has 1 aliphatic heterocycles. The van der Waals surface area contributed by atoms with Crippen LogP contribution < -0.4 is 9.04 Å². The van der Waals surface area contributed by atoms with Crippen LogP contribution in [0.1, 0.15) is 19.8 Å². The fraction of sp³-hybridized carbons (Fsp3) is 0.417. The lowest BCUT2D eigenvalue weighted by molar-refractivity contribution is -0.148. The van der Waals surface area contributed by atoms with Gasteiger partial charge in [-0.3, -0.25) is 13.9 Å². The van der Waals surface area contributed by atoms with Gasteiger partial charge in [-0.1, -0.05) is 12.1 Å². The van der Waals surface area contributed by atoms with Crippen molar-refractivity contribution in [3.63, 3.8) is 0 Å². The summed E-state index contributed by atoms with van der Waals surface area (Å²) in [6.07, 6.45) is 2.88. The van der Waals surface area contributed by atoms with Crippen molar-refractivity contribution >= 4 is 39.3 Å². The van der Waals surface area contributed by atoms with Gasteiger partial charge in [0.2, 0.25) is 5.91 Å². The Morgan fingerprint density at radius 1 is 1.09 bits per heavy atom. The van der Waals surface area contributed by atoms with Crippen LogP contribution in [0.5, 0.6) is 5.75 Å². The first-order valence-corrected chi connectivity index (χ1v) is 13.7. The van der Waals surface area contributed by atoms with Gasteiger partial charge >= 0.3 is 5.97 Å². The molecule has 8 nitrogen and oxygen atoms in total. The molecule has 34 heavy (non-hydrogen) atoms. The molecule has 1 heterocycles. The standard InChI is InChI=1S/C24H30N2O6S2/c1-4-32-22-8-6-5-7-21(22)26(34(29,30)20-11-9-19(33-3)10-12-20)17-23(27)25-15-13-18(14-16-25)24(28)31-2/h5-12,18H,4,13-17H2,1-3H3. The molecule has 2 aromatic carbocycles. The van der Waals surface area contributed by atoms with Crippen molar-refractivity contribution in [1.29, 1.82) is 0 Å². The minimum atomic E-state index is -4.06. The van der Waals surface area contributed by atoms with Crippen molar-refractivity contribution in [2.24, 2.45) is 5.92 Å². The molecule has 0 bridgehead atoms. The van der Waals surface area contributed by atoms with E-state index in [4.69, 9.17) is 9.47 Å². The number of anilines is 1. The van der Waals surface area contributed by atoms with E-state index in [2.05, 4.69) is 0 Å². The molecule has 3 rings (SSSR count). The van der Waals surface area contributed by atoms with Crippen molar-refractivity contribution in [2.45, 2.75) is 29.6 Å². The number of hydrogen-bond donors (Lipinski definition) is 0. The van der Waals surface area contributed by atoms with Crippen molar-refractivity contribution in [3.05, 3.63) is 48.5 Å². The molecule has 1 aliphatic rings. The van der Waals surface area contributed by atoms with Crippen LogP contribution in [-0.4, -0.2) is 64.8 Å². The highest BCUT2D eigenvalue weighted by atomic mass is 32.2. The first kappa shape index (κ1) is 25.9. The number of thioether (sulfide) groups is 1. The summed E-state index contributed by atoms with van der Waals surface area (Å²) in [6, 6.07) is 13.4. The molecule has 0 spiro atoms. The molecule has 1 fully saturated rings. The molecule has 10 heteroatoms. The fourth-order valence-electron chi connectivity index (χ4n) is 3.87. The summed E-state index contributed by atoms with van der Waals surface area (Å²) in [7, 11) is -2.71. The molecular formula is C24H30N2O6S2. The summed E-state index contributed by atoms with van der Waals surface area (Å²) in [5.41, 5.74) is 0.302. The van der Waals surface area contributed by atoms with Crippen LogP contribution in [0.3, 0.4) is 0 Å². The molecule has 1 amide bonds. The average molecular weight is 507 g/mol. The van der Waals surface area contributed by atoms with E-state index in [1.54, 1.807) is 53.4 Å². The lowest BCUT2D eigenvalue weighted by Crippen LogP contribution is -2.46. The molecule has 0 radical (unpaired) electrons. The van der Waals surface area contributed by atoms with Gasteiger partial charge in [-0.2, -0.15) is 0 Å². The largest absolute Gasteiger partial charge is 0.492 e. The number of amides is 1. The third kappa shape index (κ3) is 5.85. The number of hydrogen-bond acceptors (Lipinski definition) is 7. The number of nitrogens with zero attached hydrogens (tertiary/aromatic N) is 2. The summed E-state index contributed by atoms with van der Waals surface area (Å²) in [5, 5.41) is 0. The van der Waals surface area contributed by atoms with E-state index in [1.807, 2.05) is 13.2 Å². The summed E-state index contributed by atoms with van der Waals surface area (Å²) in [4.78, 5) is 27.7. The molecule has 0 N–H and O–H groups in total. The van der Waals surface area contributed by atoms with Gasteiger partial charge in [-0.05, 0) is 62.4 Å². The van der Waals surface area contributed by atoms with Crippen LogP contribution in [0.15, 0.2) is 58.3 Å². The Labute approximate surface area is 205 Å². The lowest BCUT2D eigenvalue weighted by atomic mass is 9.97. The molecule has 2 aromatic rings. The number of methoxy groups -OCH3 is 1. The van der Waals surface area contributed by atoms with Gasteiger partial charge in [0.1, 0.15) is 12.3 Å². The molecule has 0 atom stereocenters. The van der Waals surface area contributed by atoms with E-state index in [0.29, 0.717) is 44.0 Å². The quantitative estimate of drug-likeness (QED) is 0.380. The van der Waals surface area contributed by atoms with Crippen LogP contribution in [-0.2, 0) is 24.3 Å². The van der Waals surface area contributed by atoms with E-state index in [9.17, 15) is 18.0 Å². The Morgan fingerprint density at radius 3 is 2.32 bits per heavy atom. The Balaban J connectivity index is 1.91. The number of sulfonamides is 1. The molecule has 0 saturated carbocycles. The van der Waals surface area contributed by atoms with Gasteiger partial charge in [0, 0.05) is 18.0 Å². The average Bonchev–Trinajstić information content (AvgIpc) is 2.87. The first-order chi connectivity index (χ1) is 16.3. The van der Waals surface area contributed by atoms with Gasteiger partial charge in [0.15, 0.2) is 0 Å². The van der Waals surface area contributed by atoms with Gasteiger partial charge in [0.05, 0.1) is 30.2 Å². The molecular weight excluding hydrogens is 476 g/mol. The number of piperidine rings is 1. The van der Waals surface area contributed by atoms with E-state index in [-0.39, 0.29) is 29.2 Å². The van der Waals surface area contributed by atoms with Crippen molar-refractivity contribution < 1.29 is 27.5 Å². The second-order valence-corrected chi connectivity index (χ2v) is 10.5. The highest BCUT2D eigenvalue weighted by molar-refractivity contribution is 7.98. The number of esters is 1. The molecule has 184 valence electrons. The summed E-state index contributed by atoms with van der Waals surface area (Å²) < 4.78 is 39.0. The highest BCUT2D eigenvalue weighted by Crippen LogP contribution is 2.33. The minimum absolute atomic E-state index is 0.0915. The van der Waals surface area contributed by atoms with E-state index in [0.717, 1.165) is 9.20 Å². The van der Waals surface area contributed by atoms with Crippen LogP contribution in [0.25, 0.3) is 0 Å². The molecule has 0 aliphatic carbocycles. The topological polar surface area (TPSA) is 93.2 Å². The maximum atomic E-state index is 13.7. The van der Waals surface area contributed by atoms with Gasteiger partial charge in [-0.15, -0.1) is 11.8 Å². The van der Waals surface area contributed by atoms with Crippen molar-refractivity contribution in [1.82, 2.24) is 4.90 Å². The number of carbonyl (C=O) groups is 2. The number of benzene rings is 2. The number of carbonyl (C=O) groups excluding carboxylic acids is 2.